The third-order valence-electron chi connectivity index (χ3n) is 9.37. The SMILES string of the molecule is CCCCN(CCCC)C(=O)c1cc(C)n(-c2ccc(NS(=O)(=O)c3ccc(-c4cnco4)cc3)cc2C(=O)N2Cc3ccccc3C[C@H]2CO)n1. The third kappa shape index (κ3) is 7.80. The summed E-state index contributed by atoms with van der Waals surface area (Å²) in [4.78, 5) is 35.7. The topological polar surface area (TPSA) is 151 Å². The van der Waals surface area contributed by atoms with E-state index in [-0.39, 0.29) is 40.9 Å². The lowest BCUT2D eigenvalue weighted by Crippen LogP contribution is -2.46. The number of nitrogens with zero attached hydrogens (tertiary/aromatic N) is 5. The Morgan fingerprint density at radius 3 is 2.35 bits per heavy atom. The van der Waals surface area contributed by atoms with Crippen LogP contribution in [0, 0.1) is 6.92 Å². The van der Waals surface area contributed by atoms with Gasteiger partial charge in [-0.15, -0.1) is 0 Å². The maximum absolute atomic E-state index is 14.6. The van der Waals surface area contributed by atoms with Crippen LogP contribution >= 0.6 is 0 Å². The van der Waals surface area contributed by atoms with E-state index in [0.29, 0.717) is 42.2 Å². The standard InChI is InChI=1S/C39H44N6O6S/c1-4-6-18-43(19-7-5-2)39(48)35-20-27(3)45(41-35)36-17-14-31(42-52(49,50)33-15-12-28(13-16-33)37-23-40-26-51-37)22-34(36)38(47)44-24-30-11-9-8-10-29(30)21-32(44)25-46/h8-17,20,22-23,26,32,42,46H,4-7,18-19,21,24-25H2,1-3H3/t32-/m0/s1. The number of aliphatic hydroxyl groups is 1. The minimum Gasteiger partial charge on any atom is -0.444 e. The molecule has 6 rings (SSSR count). The van der Waals surface area contributed by atoms with Gasteiger partial charge in [-0.05, 0) is 85.8 Å². The number of fused-ring (bicyclic) bond motifs is 1. The molecule has 3 heterocycles. The molecule has 0 fully saturated rings. The number of hydrogen-bond donors (Lipinski definition) is 2. The van der Waals surface area contributed by atoms with Gasteiger partial charge in [0.2, 0.25) is 0 Å². The molecule has 5 aromatic rings. The van der Waals surface area contributed by atoms with Crippen LogP contribution < -0.4 is 4.72 Å². The second kappa shape index (κ2) is 16.0. The van der Waals surface area contributed by atoms with E-state index in [0.717, 1.165) is 36.8 Å². The maximum atomic E-state index is 14.6. The number of aliphatic hydroxyl groups excluding tert-OH is 1. The summed E-state index contributed by atoms with van der Waals surface area (Å²) in [6.07, 6.45) is 6.97. The van der Waals surface area contributed by atoms with Gasteiger partial charge in [0, 0.05) is 36.6 Å². The summed E-state index contributed by atoms with van der Waals surface area (Å²) >= 11 is 0. The van der Waals surface area contributed by atoms with Crippen LogP contribution in [0.25, 0.3) is 17.0 Å². The summed E-state index contributed by atoms with van der Waals surface area (Å²) in [5.41, 5.74) is 4.30. The zero-order chi connectivity index (χ0) is 36.8. The van der Waals surface area contributed by atoms with Crippen molar-refractivity contribution in [2.45, 2.75) is 70.4 Å². The van der Waals surface area contributed by atoms with Crippen molar-refractivity contribution in [1.82, 2.24) is 24.6 Å². The number of aromatic nitrogens is 3. The highest BCUT2D eigenvalue weighted by Gasteiger charge is 2.32. The number of oxazole rings is 1. The average molecular weight is 725 g/mol. The van der Waals surface area contributed by atoms with Gasteiger partial charge in [-0.25, -0.2) is 18.1 Å². The molecule has 2 amide bonds. The number of unbranched alkanes of at least 4 members (excludes halogenated alkanes) is 2. The van der Waals surface area contributed by atoms with Crippen molar-refractivity contribution >= 4 is 27.5 Å². The number of nitrogens with one attached hydrogen (secondary N) is 1. The Balaban J connectivity index is 1.38. The second-order valence-corrected chi connectivity index (χ2v) is 14.7. The van der Waals surface area contributed by atoms with Crippen molar-refractivity contribution in [2.24, 2.45) is 0 Å². The smallest absolute Gasteiger partial charge is 0.274 e. The Kier molecular flexibility index (Phi) is 11.2. The van der Waals surface area contributed by atoms with Crippen LogP contribution in [0.5, 0.6) is 0 Å². The number of amides is 2. The first kappa shape index (κ1) is 36.5. The monoisotopic (exact) mass is 724 g/mol. The molecule has 52 heavy (non-hydrogen) atoms. The summed E-state index contributed by atoms with van der Waals surface area (Å²) in [6.45, 7) is 7.25. The van der Waals surface area contributed by atoms with Crippen LogP contribution in [0.4, 0.5) is 5.69 Å². The molecule has 0 bridgehead atoms. The molecule has 0 saturated heterocycles. The van der Waals surface area contributed by atoms with Gasteiger partial charge in [-0.2, -0.15) is 5.10 Å². The Labute approximate surface area is 304 Å². The summed E-state index contributed by atoms with van der Waals surface area (Å²) in [6, 6.07) is 19.9. The predicted molar refractivity (Wildman–Crippen MR) is 198 cm³/mol. The normalized spacial score (nSPS) is 14.2. The van der Waals surface area contributed by atoms with Crippen molar-refractivity contribution < 1.29 is 27.5 Å². The molecule has 0 aliphatic carbocycles. The quantitative estimate of drug-likeness (QED) is 0.137. The lowest BCUT2D eigenvalue weighted by molar-refractivity contribution is 0.0544. The number of carbonyl (C=O) groups is 2. The molecule has 2 aromatic heterocycles. The molecular formula is C39H44N6O6S. The lowest BCUT2D eigenvalue weighted by atomic mass is 9.93. The zero-order valence-corrected chi connectivity index (χ0v) is 30.5. The van der Waals surface area contributed by atoms with Crippen molar-refractivity contribution in [3.8, 4) is 17.0 Å². The first-order chi connectivity index (χ1) is 25.1. The molecule has 3 aromatic carbocycles. The number of rotatable bonds is 14. The van der Waals surface area contributed by atoms with Gasteiger partial charge in [0.25, 0.3) is 21.8 Å². The third-order valence-corrected chi connectivity index (χ3v) is 10.8. The molecule has 1 aliphatic rings. The van der Waals surface area contributed by atoms with E-state index in [1.807, 2.05) is 36.1 Å². The van der Waals surface area contributed by atoms with Crippen LogP contribution in [0.2, 0.25) is 0 Å². The van der Waals surface area contributed by atoms with Crippen molar-refractivity contribution in [1.29, 1.82) is 0 Å². The van der Waals surface area contributed by atoms with E-state index in [1.54, 1.807) is 46.1 Å². The Bertz CT molecular complexity index is 2120. The largest absolute Gasteiger partial charge is 0.444 e. The summed E-state index contributed by atoms with van der Waals surface area (Å²) < 4.78 is 36.7. The van der Waals surface area contributed by atoms with Gasteiger partial charge in [0.1, 0.15) is 0 Å². The van der Waals surface area contributed by atoms with Crippen LogP contribution in [0.1, 0.15) is 77.2 Å². The number of anilines is 1. The van der Waals surface area contributed by atoms with Gasteiger partial charge < -0.3 is 19.3 Å². The minimum atomic E-state index is -4.07. The molecule has 0 saturated carbocycles. The van der Waals surface area contributed by atoms with E-state index < -0.39 is 22.0 Å². The number of aryl methyl sites for hydroxylation is 1. The predicted octanol–water partition coefficient (Wildman–Crippen LogP) is 6.24. The number of sulfonamides is 1. The Morgan fingerprint density at radius 2 is 1.69 bits per heavy atom. The number of benzene rings is 3. The molecule has 0 radical (unpaired) electrons. The van der Waals surface area contributed by atoms with Crippen molar-refractivity contribution in [2.75, 3.05) is 24.4 Å². The lowest BCUT2D eigenvalue weighted by Gasteiger charge is -2.36. The van der Waals surface area contributed by atoms with Gasteiger partial charge in [-0.3, -0.25) is 14.3 Å². The fourth-order valence-electron chi connectivity index (χ4n) is 6.47. The first-order valence-electron chi connectivity index (χ1n) is 17.6. The van der Waals surface area contributed by atoms with E-state index in [1.165, 1.54) is 24.6 Å². The highest BCUT2D eigenvalue weighted by molar-refractivity contribution is 7.92. The first-order valence-corrected chi connectivity index (χ1v) is 19.1. The molecule has 13 heteroatoms. The van der Waals surface area contributed by atoms with Crippen LogP contribution in [-0.2, 0) is 23.0 Å². The van der Waals surface area contributed by atoms with Crippen LogP contribution in [0.3, 0.4) is 0 Å². The summed E-state index contributed by atoms with van der Waals surface area (Å²) in [5, 5.41) is 15.1. The van der Waals surface area contributed by atoms with Crippen LogP contribution in [0.15, 0.2) is 94.7 Å². The highest BCUT2D eigenvalue weighted by atomic mass is 32.2. The van der Waals surface area contributed by atoms with E-state index in [9.17, 15) is 23.1 Å². The zero-order valence-electron chi connectivity index (χ0n) is 29.7. The molecule has 1 atom stereocenters. The second-order valence-electron chi connectivity index (χ2n) is 13.1. The Morgan fingerprint density at radius 1 is 0.981 bits per heavy atom. The molecule has 272 valence electrons. The molecule has 1 aliphatic heterocycles. The van der Waals surface area contributed by atoms with Gasteiger partial charge in [0.15, 0.2) is 17.8 Å². The molecular weight excluding hydrogens is 681 g/mol. The van der Waals surface area contributed by atoms with E-state index >= 15 is 0 Å². The van der Waals surface area contributed by atoms with E-state index in [4.69, 9.17) is 9.52 Å². The summed E-state index contributed by atoms with van der Waals surface area (Å²) in [7, 11) is -4.07. The molecule has 0 spiro atoms. The minimum absolute atomic E-state index is 0.0162. The molecule has 2 N–H and O–H groups in total. The fourth-order valence-corrected chi connectivity index (χ4v) is 7.52. The van der Waals surface area contributed by atoms with Gasteiger partial charge in [-0.1, -0.05) is 51.0 Å². The highest BCUT2D eigenvalue weighted by Crippen LogP contribution is 2.30. The van der Waals surface area contributed by atoms with Crippen LogP contribution in [-0.4, -0.2) is 75.6 Å². The summed E-state index contributed by atoms with van der Waals surface area (Å²) in [5.74, 6) is -0.0785. The van der Waals surface area contributed by atoms with Gasteiger partial charge in [0.05, 0.1) is 35.0 Å². The number of hydrogen-bond acceptors (Lipinski definition) is 8. The van der Waals surface area contributed by atoms with Crippen molar-refractivity contribution in [3.05, 3.63) is 113 Å². The molecule has 12 nitrogen and oxygen atoms in total. The maximum Gasteiger partial charge on any atom is 0.274 e. The number of carbonyl (C=O) groups excluding carboxylic acids is 2. The molecule has 0 unspecified atom stereocenters. The van der Waals surface area contributed by atoms with Crippen molar-refractivity contribution in [3.63, 3.8) is 0 Å². The Hall–Kier alpha value is -5.27. The fraction of sp³-hybridized carbons (Fsp3) is 0.333. The van der Waals surface area contributed by atoms with E-state index in [2.05, 4.69) is 23.6 Å². The van der Waals surface area contributed by atoms with Gasteiger partial charge >= 0.3 is 0 Å². The average Bonchev–Trinajstić information content (AvgIpc) is 3.84.